The molecular formula is C16H16N4O2S. The molecule has 23 heavy (non-hydrogen) atoms. The van der Waals surface area contributed by atoms with Crippen LogP contribution in [0.1, 0.15) is 28.2 Å². The van der Waals surface area contributed by atoms with Crippen LogP contribution < -0.4 is 5.32 Å². The molecule has 1 aliphatic carbocycles. The molecule has 7 heteroatoms. The van der Waals surface area contributed by atoms with Crippen molar-refractivity contribution in [1.29, 1.82) is 0 Å². The summed E-state index contributed by atoms with van der Waals surface area (Å²) in [5.41, 5.74) is 1.34. The number of aromatic carboxylic acids is 1. The lowest BCUT2D eigenvalue weighted by atomic mass is 10.0. The van der Waals surface area contributed by atoms with E-state index < -0.39 is 5.97 Å². The molecule has 2 N–H and O–H groups in total. The summed E-state index contributed by atoms with van der Waals surface area (Å²) in [5.74, 6) is -0.148. The first-order valence-corrected chi connectivity index (χ1v) is 8.25. The van der Waals surface area contributed by atoms with Gasteiger partial charge >= 0.3 is 5.97 Å². The standard InChI is InChI=1S/C16H16N4O2S/c1-20-13(3-7-19-20)16(4-5-16)9-18-14-10-8-12(15(21)22)23-11(10)2-6-17-14/h2-3,6-8H,4-5,9H2,1H3,(H,17,18)(H,21,22). The average molecular weight is 328 g/mol. The van der Waals surface area contributed by atoms with Crippen LogP contribution in [0.25, 0.3) is 10.1 Å². The molecule has 0 aliphatic heterocycles. The van der Waals surface area contributed by atoms with E-state index in [0.717, 1.165) is 35.3 Å². The second-order valence-corrected chi connectivity index (χ2v) is 7.04. The highest BCUT2D eigenvalue weighted by molar-refractivity contribution is 7.20. The SMILES string of the molecule is Cn1nccc1C1(CNc2nccc3sc(C(=O)O)cc23)CC1. The summed E-state index contributed by atoms with van der Waals surface area (Å²) in [6.07, 6.45) is 5.79. The lowest BCUT2D eigenvalue weighted by Gasteiger charge is -2.17. The van der Waals surface area contributed by atoms with Crippen molar-refractivity contribution in [3.63, 3.8) is 0 Å². The molecule has 0 aromatic carbocycles. The van der Waals surface area contributed by atoms with E-state index >= 15 is 0 Å². The molecule has 1 saturated carbocycles. The molecule has 0 radical (unpaired) electrons. The van der Waals surface area contributed by atoms with Crippen molar-refractivity contribution >= 4 is 33.2 Å². The number of pyridine rings is 1. The molecule has 0 unspecified atom stereocenters. The molecule has 0 bridgehead atoms. The Hall–Kier alpha value is -2.41. The van der Waals surface area contributed by atoms with E-state index in [0.29, 0.717) is 4.88 Å². The van der Waals surface area contributed by atoms with Gasteiger partial charge in [-0.05, 0) is 31.0 Å². The van der Waals surface area contributed by atoms with Gasteiger partial charge in [-0.1, -0.05) is 0 Å². The zero-order valence-electron chi connectivity index (χ0n) is 12.6. The number of carbonyl (C=O) groups is 1. The summed E-state index contributed by atoms with van der Waals surface area (Å²) in [7, 11) is 1.96. The number of aryl methyl sites for hydroxylation is 1. The molecule has 3 heterocycles. The second kappa shape index (κ2) is 5.06. The number of anilines is 1. The van der Waals surface area contributed by atoms with Gasteiger partial charge in [-0.2, -0.15) is 5.10 Å². The van der Waals surface area contributed by atoms with Gasteiger partial charge in [0.2, 0.25) is 0 Å². The van der Waals surface area contributed by atoms with Gasteiger partial charge in [0.25, 0.3) is 0 Å². The van der Waals surface area contributed by atoms with Crippen LogP contribution in [-0.2, 0) is 12.5 Å². The maximum atomic E-state index is 11.2. The summed E-state index contributed by atoms with van der Waals surface area (Å²) >= 11 is 1.28. The fraction of sp³-hybridized carbons (Fsp3) is 0.312. The molecule has 1 aliphatic rings. The van der Waals surface area contributed by atoms with E-state index in [-0.39, 0.29) is 5.41 Å². The minimum atomic E-state index is -0.898. The Labute approximate surface area is 136 Å². The maximum Gasteiger partial charge on any atom is 0.345 e. The summed E-state index contributed by atoms with van der Waals surface area (Å²) in [5, 5.41) is 17.7. The van der Waals surface area contributed by atoms with E-state index in [1.54, 1.807) is 12.3 Å². The quantitative estimate of drug-likeness (QED) is 0.753. The highest BCUT2D eigenvalue weighted by atomic mass is 32.1. The van der Waals surface area contributed by atoms with Gasteiger partial charge < -0.3 is 10.4 Å². The molecule has 118 valence electrons. The smallest absolute Gasteiger partial charge is 0.345 e. The summed E-state index contributed by atoms with van der Waals surface area (Å²) in [6.45, 7) is 0.775. The normalized spacial score (nSPS) is 15.7. The summed E-state index contributed by atoms with van der Waals surface area (Å²) in [4.78, 5) is 15.9. The minimum absolute atomic E-state index is 0.112. The van der Waals surface area contributed by atoms with E-state index in [2.05, 4.69) is 21.5 Å². The minimum Gasteiger partial charge on any atom is -0.477 e. The predicted octanol–water partition coefficient (Wildman–Crippen LogP) is 2.87. The van der Waals surface area contributed by atoms with Gasteiger partial charge in [0.15, 0.2) is 0 Å². The van der Waals surface area contributed by atoms with Gasteiger partial charge in [-0.25, -0.2) is 9.78 Å². The maximum absolute atomic E-state index is 11.2. The Bertz CT molecular complexity index is 895. The van der Waals surface area contributed by atoms with Crippen LogP contribution in [0.4, 0.5) is 5.82 Å². The first-order valence-electron chi connectivity index (χ1n) is 7.43. The van der Waals surface area contributed by atoms with Gasteiger partial charge in [0, 0.05) is 47.2 Å². The lowest BCUT2D eigenvalue weighted by Crippen LogP contribution is -2.23. The zero-order chi connectivity index (χ0) is 16.0. The second-order valence-electron chi connectivity index (χ2n) is 5.96. The monoisotopic (exact) mass is 328 g/mol. The Morgan fingerprint density at radius 1 is 1.43 bits per heavy atom. The van der Waals surface area contributed by atoms with Crippen LogP contribution >= 0.6 is 11.3 Å². The fourth-order valence-electron chi connectivity index (χ4n) is 3.03. The van der Waals surface area contributed by atoms with Gasteiger partial charge in [0.05, 0.1) is 0 Å². The molecule has 0 atom stereocenters. The topological polar surface area (TPSA) is 80.0 Å². The third kappa shape index (κ3) is 2.37. The molecular weight excluding hydrogens is 312 g/mol. The molecule has 1 fully saturated rings. The number of aromatic nitrogens is 3. The van der Waals surface area contributed by atoms with E-state index in [1.807, 2.05) is 24.0 Å². The number of rotatable bonds is 5. The number of thiophene rings is 1. The van der Waals surface area contributed by atoms with E-state index in [9.17, 15) is 4.79 Å². The van der Waals surface area contributed by atoms with Crippen LogP contribution in [-0.4, -0.2) is 32.4 Å². The van der Waals surface area contributed by atoms with Crippen molar-refractivity contribution in [3.05, 3.63) is 41.2 Å². The number of hydrogen-bond acceptors (Lipinski definition) is 5. The average Bonchev–Trinajstić information content (AvgIpc) is 2.96. The first-order chi connectivity index (χ1) is 11.1. The number of nitrogens with zero attached hydrogens (tertiary/aromatic N) is 3. The molecule has 3 aromatic heterocycles. The van der Waals surface area contributed by atoms with Gasteiger partial charge in [0.1, 0.15) is 10.7 Å². The fourth-order valence-corrected chi connectivity index (χ4v) is 3.93. The number of nitrogens with one attached hydrogen (secondary N) is 1. The van der Waals surface area contributed by atoms with Crippen LogP contribution in [0.2, 0.25) is 0 Å². The highest BCUT2D eigenvalue weighted by Crippen LogP contribution is 2.48. The largest absolute Gasteiger partial charge is 0.477 e. The third-order valence-electron chi connectivity index (χ3n) is 4.47. The molecule has 4 rings (SSSR count). The van der Waals surface area contributed by atoms with Crippen molar-refractivity contribution in [2.45, 2.75) is 18.3 Å². The molecule has 0 amide bonds. The van der Waals surface area contributed by atoms with E-state index in [4.69, 9.17) is 5.11 Å². The first kappa shape index (κ1) is 14.2. The molecule has 3 aromatic rings. The Morgan fingerprint density at radius 3 is 2.91 bits per heavy atom. The van der Waals surface area contributed by atoms with Crippen molar-refractivity contribution < 1.29 is 9.90 Å². The number of hydrogen-bond donors (Lipinski definition) is 2. The van der Waals surface area contributed by atoms with Crippen LogP contribution in [0, 0.1) is 0 Å². The number of carboxylic acid groups (broad SMARTS) is 1. The van der Waals surface area contributed by atoms with Gasteiger partial charge in [-0.3, -0.25) is 4.68 Å². The summed E-state index contributed by atoms with van der Waals surface area (Å²) < 4.78 is 2.86. The van der Waals surface area contributed by atoms with Crippen LogP contribution in [0.15, 0.2) is 30.6 Å². The Morgan fingerprint density at radius 2 is 2.26 bits per heavy atom. The number of fused-ring (bicyclic) bond motifs is 1. The molecule has 6 nitrogen and oxygen atoms in total. The van der Waals surface area contributed by atoms with Crippen LogP contribution in [0.5, 0.6) is 0 Å². The highest BCUT2D eigenvalue weighted by Gasteiger charge is 2.46. The Kier molecular flexibility index (Phi) is 3.12. The third-order valence-corrected chi connectivity index (χ3v) is 5.56. The zero-order valence-corrected chi connectivity index (χ0v) is 13.4. The Balaban J connectivity index is 1.61. The lowest BCUT2D eigenvalue weighted by molar-refractivity contribution is 0.0702. The van der Waals surface area contributed by atoms with Crippen molar-refractivity contribution in [1.82, 2.24) is 14.8 Å². The van der Waals surface area contributed by atoms with E-state index in [1.165, 1.54) is 17.0 Å². The van der Waals surface area contributed by atoms with Crippen molar-refractivity contribution in [2.24, 2.45) is 7.05 Å². The molecule has 0 spiro atoms. The number of carboxylic acids is 1. The van der Waals surface area contributed by atoms with Crippen molar-refractivity contribution in [2.75, 3.05) is 11.9 Å². The summed E-state index contributed by atoms with van der Waals surface area (Å²) in [6, 6.07) is 5.61. The van der Waals surface area contributed by atoms with Gasteiger partial charge in [-0.15, -0.1) is 11.3 Å². The van der Waals surface area contributed by atoms with Crippen LogP contribution in [0.3, 0.4) is 0 Å². The molecule has 0 saturated heterocycles. The predicted molar refractivity (Wildman–Crippen MR) is 89.2 cm³/mol. The van der Waals surface area contributed by atoms with Crippen molar-refractivity contribution in [3.8, 4) is 0 Å².